The Bertz CT molecular complexity index is 298. The van der Waals surface area contributed by atoms with Gasteiger partial charge in [0.1, 0.15) is 5.41 Å². The SMILES string of the molecule is O=C1C[C@H]2SCC(CI)(C(=O)O)CN12. The Labute approximate surface area is 99.5 Å². The van der Waals surface area contributed by atoms with Crippen molar-refractivity contribution in [2.75, 3.05) is 16.7 Å². The van der Waals surface area contributed by atoms with Crippen molar-refractivity contribution < 1.29 is 14.7 Å². The van der Waals surface area contributed by atoms with Crippen LogP contribution >= 0.6 is 34.4 Å². The van der Waals surface area contributed by atoms with E-state index in [9.17, 15) is 9.59 Å². The van der Waals surface area contributed by atoms with E-state index in [1.165, 1.54) is 0 Å². The molecule has 2 heterocycles. The smallest absolute Gasteiger partial charge is 0.313 e. The number of hydrogen-bond donors (Lipinski definition) is 1. The first kappa shape index (κ1) is 10.5. The molecule has 0 aromatic heterocycles. The lowest BCUT2D eigenvalue weighted by atomic mass is 9.90. The third-order valence-electron chi connectivity index (χ3n) is 2.75. The fourth-order valence-corrected chi connectivity index (χ4v) is 4.32. The van der Waals surface area contributed by atoms with Crippen LogP contribution < -0.4 is 0 Å². The number of fused-ring (bicyclic) bond motifs is 1. The zero-order valence-corrected chi connectivity index (χ0v) is 10.4. The molecule has 2 fully saturated rings. The topological polar surface area (TPSA) is 57.6 Å². The van der Waals surface area contributed by atoms with Gasteiger partial charge in [0, 0.05) is 16.7 Å². The number of carbonyl (C=O) groups excluding carboxylic acids is 1. The Morgan fingerprint density at radius 1 is 1.79 bits per heavy atom. The molecule has 78 valence electrons. The average molecular weight is 327 g/mol. The summed E-state index contributed by atoms with van der Waals surface area (Å²) in [6, 6.07) is 0. The van der Waals surface area contributed by atoms with E-state index >= 15 is 0 Å². The van der Waals surface area contributed by atoms with Gasteiger partial charge in [-0.2, -0.15) is 0 Å². The van der Waals surface area contributed by atoms with Gasteiger partial charge in [-0.15, -0.1) is 11.8 Å². The molecule has 0 radical (unpaired) electrons. The minimum atomic E-state index is -0.780. The van der Waals surface area contributed by atoms with E-state index in [2.05, 4.69) is 22.6 Å². The number of thioether (sulfide) groups is 1. The molecule has 14 heavy (non-hydrogen) atoms. The molecule has 1 amide bonds. The van der Waals surface area contributed by atoms with E-state index in [0.29, 0.717) is 23.1 Å². The first-order valence-corrected chi connectivity index (χ1v) is 6.87. The molecule has 6 heteroatoms. The lowest BCUT2D eigenvalue weighted by Crippen LogP contribution is -2.61. The number of halogens is 1. The van der Waals surface area contributed by atoms with Crippen LogP contribution in [0.4, 0.5) is 0 Å². The first-order chi connectivity index (χ1) is 6.59. The summed E-state index contributed by atoms with van der Waals surface area (Å²) in [6.07, 6.45) is 0.585. The van der Waals surface area contributed by atoms with Gasteiger partial charge in [-0.3, -0.25) is 9.59 Å². The Morgan fingerprint density at radius 2 is 2.50 bits per heavy atom. The summed E-state index contributed by atoms with van der Waals surface area (Å²) < 4.78 is 0.559. The van der Waals surface area contributed by atoms with Gasteiger partial charge >= 0.3 is 5.97 Å². The minimum Gasteiger partial charge on any atom is -0.481 e. The van der Waals surface area contributed by atoms with Crippen LogP contribution in [0, 0.1) is 5.41 Å². The molecular formula is C8H10INO3S. The largest absolute Gasteiger partial charge is 0.481 e. The van der Waals surface area contributed by atoms with Crippen LogP contribution in [0.3, 0.4) is 0 Å². The van der Waals surface area contributed by atoms with Crippen molar-refractivity contribution in [1.29, 1.82) is 0 Å². The van der Waals surface area contributed by atoms with Crippen molar-refractivity contribution in [2.24, 2.45) is 5.41 Å². The summed E-state index contributed by atoms with van der Waals surface area (Å²) in [5.41, 5.74) is -0.724. The second kappa shape index (κ2) is 3.55. The summed E-state index contributed by atoms with van der Waals surface area (Å²) >= 11 is 3.69. The molecule has 1 N–H and O–H groups in total. The normalized spacial score (nSPS) is 36.2. The zero-order valence-electron chi connectivity index (χ0n) is 7.40. The predicted octanol–water partition coefficient (Wildman–Crippen LogP) is 0.798. The molecule has 0 spiro atoms. The maximum absolute atomic E-state index is 11.2. The third kappa shape index (κ3) is 1.42. The van der Waals surface area contributed by atoms with Gasteiger partial charge in [-0.05, 0) is 0 Å². The number of carboxylic acid groups (broad SMARTS) is 1. The Kier molecular flexibility index (Phi) is 2.67. The lowest BCUT2D eigenvalue weighted by Gasteiger charge is -2.49. The number of β-lactam (4-membered cyclic amide) rings is 1. The maximum atomic E-state index is 11.2. The van der Waals surface area contributed by atoms with Crippen molar-refractivity contribution in [3.63, 3.8) is 0 Å². The van der Waals surface area contributed by atoms with Crippen LogP contribution in [-0.2, 0) is 9.59 Å². The van der Waals surface area contributed by atoms with E-state index in [0.717, 1.165) is 0 Å². The molecule has 0 aromatic carbocycles. The molecular weight excluding hydrogens is 317 g/mol. The molecule has 2 aliphatic heterocycles. The lowest BCUT2D eigenvalue weighted by molar-refractivity contribution is -0.153. The van der Waals surface area contributed by atoms with Gasteiger partial charge in [0.15, 0.2) is 0 Å². The summed E-state index contributed by atoms with van der Waals surface area (Å²) in [7, 11) is 0. The number of amides is 1. The molecule has 1 unspecified atom stereocenters. The minimum absolute atomic E-state index is 0.0951. The highest BCUT2D eigenvalue weighted by Crippen LogP contribution is 2.42. The van der Waals surface area contributed by atoms with Gasteiger partial charge < -0.3 is 10.0 Å². The quantitative estimate of drug-likeness (QED) is 0.463. The molecule has 0 saturated carbocycles. The Hall–Kier alpha value is 0.0200. The predicted molar refractivity (Wildman–Crippen MR) is 61.5 cm³/mol. The second-order valence-electron chi connectivity index (χ2n) is 3.71. The number of rotatable bonds is 2. The van der Waals surface area contributed by atoms with E-state index < -0.39 is 11.4 Å². The van der Waals surface area contributed by atoms with Gasteiger partial charge in [0.2, 0.25) is 5.91 Å². The van der Waals surface area contributed by atoms with Crippen molar-refractivity contribution in [3.8, 4) is 0 Å². The first-order valence-electron chi connectivity index (χ1n) is 4.29. The molecule has 0 aromatic rings. The highest BCUT2D eigenvalue weighted by Gasteiger charge is 2.51. The monoisotopic (exact) mass is 327 g/mol. The van der Waals surface area contributed by atoms with Crippen LogP contribution in [0.25, 0.3) is 0 Å². The van der Waals surface area contributed by atoms with Crippen LogP contribution in [-0.4, -0.2) is 44.0 Å². The highest BCUT2D eigenvalue weighted by atomic mass is 127. The van der Waals surface area contributed by atoms with Crippen LogP contribution in [0.1, 0.15) is 6.42 Å². The second-order valence-corrected chi connectivity index (χ2v) is 5.64. The van der Waals surface area contributed by atoms with Crippen molar-refractivity contribution in [3.05, 3.63) is 0 Å². The fraction of sp³-hybridized carbons (Fsp3) is 0.750. The van der Waals surface area contributed by atoms with E-state index in [1.807, 2.05) is 0 Å². The summed E-state index contributed by atoms with van der Waals surface area (Å²) in [4.78, 5) is 24.0. The van der Waals surface area contributed by atoms with Crippen LogP contribution in [0.5, 0.6) is 0 Å². The highest BCUT2D eigenvalue weighted by molar-refractivity contribution is 14.1. The zero-order chi connectivity index (χ0) is 10.3. The van der Waals surface area contributed by atoms with Crippen LogP contribution in [0.15, 0.2) is 0 Å². The van der Waals surface area contributed by atoms with E-state index in [4.69, 9.17) is 5.11 Å². The van der Waals surface area contributed by atoms with Gasteiger partial charge in [0.05, 0.1) is 11.8 Å². The standard InChI is InChI=1S/C8H10INO3S/c9-2-8(7(12)13)3-10-5(11)1-6(10)14-4-8/h6H,1-4H2,(H,12,13)/t6-,8?/m1/s1. The molecule has 2 rings (SSSR count). The number of nitrogens with zero attached hydrogens (tertiary/aromatic N) is 1. The number of hydrogen-bond acceptors (Lipinski definition) is 3. The Morgan fingerprint density at radius 3 is 3.00 bits per heavy atom. The summed E-state index contributed by atoms with van der Waals surface area (Å²) in [6.45, 7) is 0.391. The van der Waals surface area contributed by atoms with Crippen molar-refractivity contribution in [2.45, 2.75) is 11.8 Å². The molecule has 2 saturated heterocycles. The van der Waals surface area contributed by atoms with Gasteiger partial charge in [-0.25, -0.2) is 0 Å². The average Bonchev–Trinajstić information content (AvgIpc) is 2.16. The van der Waals surface area contributed by atoms with E-state index in [1.54, 1.807) is 16.7 Å². The van der Waals surface area contributed by atoms with Crippen molar-refractivity contribution in [1.82, 2.24) is 4.90 Å². The fourth-order valence-electron chi connectivity index (χ4n) is 1.66. The summed E-state index contributed by atoms with van der Waals surface area (Å²) in [5, 5.41) is 9.40. The van der Waals surface area contributed by atoms with E-state index in [-0.39, 0.29) is 11.3 Å². The number of carbonyl (C=O) groups is 2. The molecule has 4 nitrogen and oxygen atoms in total. The number of aliphatic carboxylic acids is 1. The van der Waals surface area contributed by atoms with Crippen LogP contribution in [0.2, 0.25) is 0 Å². The summed E-state index contributed by atoms with van der Waals surface area (Å²) in [5.74, 6) is -0.0603. The molecule has 0 aliphatic carbocycles. The Balaban J connectivity index is 2.15. The maximum Gasteiger partial charge on any atom is 0.313 e. The molecule has 2 aliphatic rings. The third-order valence-corrected chi connectivity index (χ3v) is 5.74. The number of carboxylic acids is 1. The van der Waals surface area contributed by atoms with Crippen molar-refractivity contribution >= 4 is 46.2 Å². The molecule has 0 bridgehead atoms. The van der Waals surface area contributed by atoms with Gasteiger partial charge in [0.25, 0.3) is 0 Å². The number of alkyl halides is 1. The van der Waals surface area contributed by atoms with Gasteiger partial charge in [-0.1, -0.05) is 22.6 Å². The molecule has 2 atom stereocenters.